The number of benzene rings is 1. The van der Waals surface area contributed by atoms with Crippen molar-refractivity contribution in [3.8, 4) is 11.5 Å². The second-order valence-electron chi connectivity index (χ2n) is 5.31. The molecule has 0 saturated heterocycles. The zero-order chi connectivity index (χ0) is 20.6. The average Bonchev–Trinajstić information content (AvgIpc) is 2.58. The van der Waals surface area contributed by atoms with Crippen LogP contribution in [0.15, 0.2) is 18.0 Å². The van der Waals surface area contributed by atoms with E-state index in [9.17, 15) is 26.4 Å². The van der Waals surface area contributed by atoms with Crippen molar-refractivity contribution in [1.29, 1.82) is 0 Å². The summed E-state index contributed by atoms with van der Waals surface area (Å²) in [4.78, 5) is 12.7. The van der Waals surface area contributed by atoms with Crippen molar-refractivity contribution in [3.63, 3.8) is 0 Å². The molecular formula is C15H16F3NO7S. The van der Waals surface area contributed by atoms with Crippen LogP contribution in [0.4, 0.5) is 18.0 Å². The Bertz CT molecular complexity index is 880. The van der Waals surface area contributed by atoms with Crippen LogP contribution >= 0.6 is 0 Å². The minimum absolute atomic E-state index is 0.256. The summed E-state index contributed by atoms with van der Waals surface area (Å²) >= 11 is 0. The summed E-state index contributed by atoms with van der Waals surface area (Å²) in [5.41, 5.74) is -5.02. The van der Waals surface area contributed by atoms with E-state index >= 15 is 0 Å². The van der Waals surface area contributed by atoms with E-state index in [4.69, 9.17) is 9.47 Å². The van der Waals surface area contributed by atoms with Gasteiger partial charge in [-0.25, -0.2) is 9.69 Å². The molecule has 1 aliphatic rings. The highest BCUT2D eigenvalue weighted by Gasteiger charge is 2.50. The van der Waals surface area contributed by atoms with Gasteiger partial charge in [-0.15, -0.1) is 0 Å². The van der Waals surface area contributed by atoms with Crippen LogP contribution in [0.1, 0.15) is 24.1 Å². The van der Waals surface area contributed by atoms with Gasteiger partial charge in [0.05, 0.1) is 27.4 Å². The molecule has 1 aliphatic heterocycles. The average molecular weight is 411 g/mol. The van der Waals surface area contributed by atoms with E-state index in [0.717, 1.165) is 13.2 Å². The number of nitrogens with zero attached hydrogens (tertiary/aromatic N) is 1. The van der Waals surface area contributed by atoms with Gasteiger partial charge in [0.15, 0.2) is 0 Å². The van der Waals surface area contributed by atoms with Crippen molar-refractivity contribution in [3.05, 3.63) is 29.1 Å². The summed E-state index contributed by atoms with van der Waals surface area (Å²) in [6.45, 7) is 1.45. The second kappa shape index (κ2) is 7.18. The van der Waals surface area contributed by atoms with E-state index < -0.39 is 33.6 Å². The van der Waals surface area contributed by atoms with E-state index in [1.165, 1.54) is 33.3 Å². The smallest absolute Gasteiger partial charge is 0.497 e. The first-order valence-corrected chi connectivity index (χ1v) is 8.73. The molecule has 12 heteroatoms. The van der Waals surface area contributed by atoms with Crippen molar-refractivity contribution in [2.75, 3.05) is 21.3 Å². The van der Waals surface area contributed by atoms with E-state index in [1.807, 2.05) is 0 Å². The van der Waals surface area contributed by atoms with Crippen LogP contribution in [-0.4, -0.2) is 46.2 Å². The summed E-state index contributed by atoms with van der Waals surface area (Å²) in [7, 11) is -2.30. The maximum Gasteiger partial charge on any atom is 0.534 e. The molecule has 0 saturated carbocycles. The monoisotopic (exact) mass is 411 g/mol. The standard InChI is InChI=1S/C15H16F3NO7S/c1-8-13-9(5-10(23-2)7-11(13)24-3)6-12(19(8)14(20)25-4)26-27(21,22)15(16,17)18/h5-8H,1-4H3/t8-/m1/s1. The molecule has 27 heavy (non-hydrogen) atoms. The molecular weight excluding hydrogens is 395 g/mol. The Morgan fingerprint density at radius 3 is 2.26 bits per heavy atom. The van der Waals surface area contributed by atoms with Crippen LogP contribution in [0, 0.1) is 0 Å². The van der Waals surface area contributed by atoms with E-state index in [0.29, 0.717) is 16.2 Å². The molecule has 0 radical (unpaired) electrons. The van der Waals surface area contributed by atoms with Gasteiger partial charge in [-0.05, 0) is 18.6 Å². The van der Waals surface area contributed by atoms with Crippen molar-refractivity contribution in [1.82, 2.24) is 4.90 Å². The fourth-order valence-electron chi connectivity index (χ4n) is 2.57. The zero-order valence-electron chi connectivity index (χ0n) is 14.7. The van der Waals surface area contributed by atoms with Gasteiger partial charge in [0.25, 0.3) is 0 Å². The predicted octanol–water partition coefficient (Wildman–Crippen LogP) is 3.01. The number of amides is 1. The van der Waals surface area contributed by atoms with Gasteiger partial charge in [-0.3, -0.25) is 0 Å². The van der Waals surface area contributed by atoms with Crippen LogP contribution in [0.3, 0.4) is 0 Å². The van der Waals surface area contributed by atoms with Crippen LogP contribution in [0.2, 0.25) is 0 Å². The Kier molecular flexibility index (Phi) is 5.50. The van der Waals surface area contributed by atoms with Gasteiger partial charge >= 0.3 is 21.7 Å². The lowest BCUT2D eigenvalue weighted by Gasteiger charge is -2.34. The molecule has 0 aliphatic carbocycles. The number of carbonyl (C=O) groups excluding carboxylic acids is 1. The van der Waals surface area contributed by atoms with Crippen molar-refractivity contribution in [2.45, 2.75) is 18.5 Å². The number of hydrogen-bond donors (Lipinski definition) is 0. The number of halogens is 3. The van der Waals surface area contributed by atoms with Crippen LogP contribution in [-0.2, 0) is 19.0 Å². The van der Waals surface area contributed by atoms with Gasteiger partial charge in [0.1, 0.15) is 11.5 Å². The zero-order valence-corrected chi connectivity index (χ0v) is 15.5. The lowest BCUT2D eigenvalue weighted by Crippen LogP contribution is -2.38. The number of fused-ring (bicyclic) bond motifs is 1. The van der Waals surface area contributed by atoms with Gasteiger partial charge in [-0.1, -0.05) is 0 Å². The minimum atomic E-state index is -6.01. The third kappa shape index (κ3) is 3.75. The lowest BCUT2D eigenvalue weighted by atomic mass is 9.95. The molecule has 0 N–H and O–H groups in total. The third-order valence-corrected chi connectivity index (χ3v) is 4.73. The molecule has 1 aromatic rings. The van der Waals surface area contributed by atoms with E-state index in [-0.39, 0.29) is 11.3 Å². The first-order chi connectivity index (χ1) is 12.5. The number of ether oxygens (including phenoxy) is 3. The molecule has 1 amide bonds. The number of carbonyl (C=O) groups is 1. The number of methoxy groups -OCH3 is 3. The Morgan fingerprint density at radius 1 is 1.15 bits per heavy atom. The maximum atomic E-state index is 12.7. The molecule has 1 heterocycles. The third-order valence-electron chi connectivity index (χ3n) is 3.77. The van der Waals surface area contributed by atoms with E-state index in [1.54, 1.807) is 0 Å². The number of hydrogen-bond acceptors (Lipinski definition) is 7. The number of rotatable bonds is 4. The van der Waals surface area contributed by atoms with Gasteiger partial charge in [-0.2, -0.15) is 21.6 Å². The molecule has 150 valence electrons. The molecule has 0 bridgehead atoms. The van der Waals surface area contributed by atoms with Gasteiger partial charge in [0.2, 0.25) is 5.88 Å². The first-order valence-electron chi connectivity index (χ1n) is 7.32. The molecule has 1 aromatic carbocycles. The van der Waals surface area contributed by atoms with Crippen LogP contribution < -0.4 is 9.47 Å². The summed E-state index contributed by atoms with van der Waals surface area (Å²) in [5.74, 6) is -0.284. The largest absolute Gasteiger partial charge is 0.534 e. The van der Waals surface area contributed by atoms with Crippen molar-refractivity contribution >= 4 is 22.3 Å². The Balaban J connectivity index is 2.69. The Labute approximate surface area is 153 Å². The topological polar surface area (TPSA) is 91.4 Å². The Morgan fingerprint density at radius 2 is 1.78 bits per heavy atom. The van der Waals surface area contributed by atoms with Gasteiger partial charge < -0.3 is 18.4 Å². The van der Waals surface area contributed by atoms with Crippen LogP contribution in [0.5, 0.6) is 11.5 Å². The SMILES string of the molecule is COC(=O)N1C(OS(=O)(=O)C(F)(F)F)=Cc2cc(OC)cc(OC)c2[C@H]1C. The number of alkyl halides is 3. The molecule has 8 nitrogen and oxygen atoms in total. The highest BCUT2D eigenvalue weighted by Crippen LogP contribution is 2.43. The maximum absolute atomic E-state index is 12.7. The summed E-state index contributed by atoms with van der Waals surface area (Å²) in [6.07, 6.45) is -0.157. The molecule has 0 spiro atoms. The highest BCUT2D eigenvalue weighted by molar-refractivity contribution is 7.87. The fourth-order valence-corrected chi connectivity index (χ4v) is 3.02. The quantitative estimate of drug-likeness (QED) is 0.556. The summed E-state index contributed by atoms with van der Waals surface area (Å²) in [5, 5.41) is 0. The summed E-state index contributed by atoms with van der Waals surface area (Å²) < 4.78 is 80.1. The highest BCUT2D eigenvalue weighted by atomic mass is 32.2. The predicted molar refractivity (Wildman–Crippen MR) is 86.2 cm³/mol. The first kappa shape index (κ1) is 20.7. The molecule has 0 aromatic heterocycles. The van der Waals surface area contributed by atoms with Gasteiger partial charge in [0, 0.05) is 17.7 Å². The van der Waals surface area contributed by atoms with Crippen LogP contribution in [0.25, 0.3) is 6.08 Å². The fraction of sp³-hybridized carbons (Fsp3) is 0.400. The van der Waals surface area contributed by atoms with Crippen molar-refractivity contribution in [2.24, 2.45) is 0 Å². The normalized spacial score (nSPS) is 16.9. The molecule has 0 fully saturated rings. The molecule has 2 rings (SSSR count). The second-order valence-corrected chi connectivity index (χ2v) is 6.85. The minimum Gasteiger partial charge on any atom is -0.497 e. The molecule has 0 unspecified atom stereocenters. The van der Waals surface area contributed by atoms with E-state index in [2.05, 4.69) is 8.92 Å². The molecule has 1 atom stereocenters. The lowest BCUT2D eigenvalue weighted by molar-refractivity contribution is -0.0539. The van der Waals surface area contributed by atoms with Crippen molar-refractivity contribution < 1.29 is 44.8 Å². The summed E-state index contributed by atoms with van der Waals surface area (Å²) in [6, 6.07) is 1.99. The Hall–Kier alpha value is -2.63.